The number of hydrogen-bond acceptors (Lipinski definition) is 5. The Bertz CT molecular complexity index is 1140. The van der Waals surface area contributed by atoms with Gasteiger partial charge in [-0.3, -0.25) is 4.79 Å². The van der Waals surface area contributed by atoms with Crippen LogP contribution in [0.2, 0.25) is 0 Å². The molecular weight excluding hydrogens is 347 g/mol. The number of aromatic nitrogens is 4. The van der Waals surface area contributed by atoms with Crippen LogP contribution in [0.4, 0.5) is 10.3 Å². The topological polar surface area (TPSA) is 98.2 Å². The van der Waals surface area contributed by atoms with Crippen molar-refractivity contribution in [3.05, 3.63) is 78.1 Å². The number of amides is 1. The summed E-state index contributed by atoms with van der Waals surface area (Å²) in [6, 6.07) is 11.5. The van der Waals surface area contributed by atoms with Crippen LogP contribution < -0.4 is 11.1 Å². The zero-order valence-corrected chi connectivity index (χ0v) is 14.1. The molecule has 0 unspecified atom stereocenters. The number of imidazole rings is 1. The number of nitrogens with one attached hydrogen (secondary N) is 1. The number of anilines is 1. The molecule has 3 heterocycles. The molecule has 0 atom stereocenters. The number of nitrogens with two attached hydrogens (primary N) is 1. The molecule has 0 aliphatic carbocycles. The molecule has 0 saturated carbocycles. The minimum absolute atomic E-state index is 0.190. The number of hydrogen-bond donors (Lipinski definition) is 2. The standard InChI is InChI=1S/C19H15FN6O/c20-14-3-1-2-12(8-14)9-23-18(27)16-11-26-10-13(4-5-17(26)24-16)15-6-7-22-19(21)25-15/h1-8,10-11H,9H2,(H,23,27)(H2,21,22,25). The normalized spacial score (nSPS) is 10.9. The lowest BCUT2D eigenvalue weighted by Crippen LogP contribution is -2.23. The average molecular weight is 362 g/mol. The number of fused-ring (bicyclic) bond motifs is 1. The first kappa shape index (κ1) is 16.6. The van der Waals surface area contributed by atoms with Gasteiger partial charge in [0.1, 0.15) is 17.2 Å². The summed E-state index contributed by atoms with van der Waals surface area (Å²) < 4.78 is 15.0. The van der Waals surface area contributed by atoms with E-state index in [1.165, 1.54) is 12.1 Å². The highest BCUT2D eigenvalue weighted by Gasteiger charge is 2.11. The fraction of sp³-hybridized carbons (Fsp3) is 0.0526. The predicted molar refractivity (Wildman–Crippen MR) is 98.2 cm³/mol. The van der Waals surface area contributed by atoms with Crippen molar-refractivity contribution in [3.8, 4) is 11.3 Å². The minimum Gasteiger partial charge on any atom is -0.368 e. The van der Waals surface area contributed by atoms with Gasteiger partial charge in [0.25, 0.3) is 5.91 Å². The maximum absolute atomic E-state index is 13.2. The number of benzene rings is 1. The number of pyridine rings is 1. The first-order chi connectivity index (χ1) is 13.1. The number of carbonyl (C=O) groups is 1. The molecule has 0 fully saturated rings. The lowest BCUT2D eigenvalue weighted by molar-refractivity contribution is 0.0946. The van der Waals surface area contributed by atoms with Crippen molar-refractivity contribution in [1.82, 2.24) is 24.7 Å². The molecule has 0 bridgehead atoms. The average Bonchev–Trinajstić information content (AvgIpc) is 3.09. The molecule has 4 rings (SSSR count). The lowest BCUT2D eigenvalue weighted by Gasteiger charge is -2.03. The summed E-state index contributed by atoms with van der Waals surface area (Å²) in [4.78, 5) is 24.7. The Morgan fingerprint density at radius 2 is 2.04 bits per heavy atom. The van der Waals surface area contributed by atoms with Crippen LogP contribution >= 0.6 is 0 Å². The summed E-state index contributed by atoms with van der Waals surface area (Å²) in [5.74, 6) is -0.487. The highest BCUT2D eigenvalue weighted by Crippen LogP contribution is 2.18. The number of nitrogen functional groups attached to an aromatic ring is 1. The van der Waals surface area contributed by atoms with Crippen LogP contribution in [0.5, 0.6) is 0 Å². The fourth-order valence-electron chi connectivity index (χ4n) is 2.71. The molecule has 3 N–H and O–H groups in total. The van der Waals surface area contributed by atoms with E-state index in [0.717, 1.165) is 5.56 Å². The largest absolute Gasteiger partial charge is 0.368 e. The second-order valence-corrected chi connectivity index (χ2v) is 5.92. The molecule has 4 aromatic rings. The Hall–Kier alpha value is -3.81. The van der Waals surface area contributed by atoms with Crippen molar-refractivity contribution in [2.75, 3.05) is 5.73 Å². The first-order valence-electron chi connectivity index (χ1n) is 8.19. The molecule has 8 heteroatoms. The van der Waals surface area contributed by atoms with Crippen LogP contribution in [-0.4, -0.2) is 25.3 Å². The van der Waals surface area contributed by atoms with Crippen LogP contribution in [-0.2, 0) is 6.54 Å². The van der Waals surface area contributed by atoms with Gasteiger partial charge in [-0.1, -0.05) is 12.1 Å². The maximum atomic E-state index is 13.2. The zero-order chi connectivity index (χ0) is 18.8. The number of carbonyl (C=O) groups excluding carboxylic acids is 1. The second-order valence-electron chi connectivity index (χ2n) is 5.92. The molecule has 27 heavy (non-hydrogen) atoms. The van der Waals surface area contributed by atoms with Crippen molar-refractivity contribution in [1.29, 1.82) is 0 Å². The van der Waals surface area contributed by atoms with E-state index in [0.29, 0.717) is 16.9 Å². The van der Waals surface area contributed by atoms with Crippen molar-refractivity contribution in [2.24, 2.45) is 0 Å². The van der Waals surface area contributed by atoms with Crippen LogP contribution in [0.3, 0.4) is 0 Å². The number of halogens is 1. The van der Waals surface area contributed by atoms with Crippen molar-refractivity contribution < 1.29 is 9.18 Å². The van der Waals surface area contributed by atoms with E-state index in [4.69, 9.17) is 5.73 Å². The molecule has 0 radical (unpaired) electrons. The van der Waals surface area contributed by atoms with Gasteiger partial charge in [0.2, 0.25) is 5.95 Å². The third-order valence-electron chi connectivity index (χ3n) is 4.00. The van der Waals surface area contributed by atoms with Crippen LogP contribution in [0, 0.1) is 5.82 Å². The van der Waals surface area contributed by atoms with E-state index in [1.54, 1.807) is 41.1 Å². The van der Waals surface area contributed by atoms with E-state index in [-0.39, 0.29) is 29.9 Å². The molecule has 0 spiro atoms. The monoisotopic (exact) mass is 362 g/mol. The van der Waals surface area contributed by atoms with Gasteiger partial charge in [0.05, 0.1) is 5.69 Å². The van der Waals surface area contributed by atoms with Gasteiger partial charge in [-0.25, -0.2) is 19.3 Å². The summed E-state index contributed by atoms with van der Waals surface area (Å²) >= 11 is 0. The van der Waals surface area contributed by atoms with Crippen LogP contribution in [0.25, 0.3) is 16.9 Å². The molecule has 7 nitrogen and oxygen atoms in total. The molecular formula is C19H15FN6O. The Balaban J connectivity index is 1.55. The number of rotatable bonds is 4. The number of nitrogens with zero attached hydrogens (tertiary/aromatic N) is 4. The Morgan fingerprint density at radius 1 is 1.15 bits per heavy atom. The summed E-state index contributed by atoms with van der Waals surface area (Å²) in [6.45, 7) is 0.218. The van der Waals surface area contributed by atoms with Gasteiger partial charge in [0, 0.05) is 30.7 Å². The van der Waals surface area contributed by atoms with E-state index in [9.17, 15) is 9.18 Å². The highest BCUT2D eigenvalue weighted by molar-refractivity contribution is 5.92. The van der Waals surface area contributed by atoms with Crippen LogP contribution in [0.15, 0.2) is 61.1 Å². The van der Waals surface area contributed by atoms with E-state index < -0.39 is 0 Å². The third-order valence-corrected chi connectivity index (χ3v) is 4.00. The van der Waals surface area contributed by atoms with E-state index in [2.05, 4.69) is 20.3 Å². The summed E-state index contributed by atoms with van der Waals surface area (Å²) in [6.07, 6.45) is 5.03. The molecule has 1 amide bonds. The fourth-order valence-corrected chi connectivity index (χ4v) is 2.71. The van der Waals surface area contributed by atoms with Crippen LogP contribution in [0.1, 0.15) is 16.1 Å². The smallest absolute Gasteiger partial charge is 0.271 e. The summed E-state index contributed by atoms with van der Waals surface area (Å²) in [5, 5.41) is 2.74. The Labute approximate surface area is 153 Å². The predicted octanol–water partition coefficient (Wildman–Crippen LogP) is 2.44. The zero-order valence-electron chi connectivity index (χ0n) is 14.1. The molecule has 0 aliphatic heterocycles. The SMILES string of the molecule is Nc1nccc(-c2ccc3nc(C(=O)NCc4cccc(F)c4)cn3c2)n1. The van der Waals surface area contributed by atoms with Gasteiger partial charge < -0.3 is 15.5 Å². The maximum Gasteiger partial charge on any atom is 0.271 e. The van der Waals surface area contributed by atoms with Gasteiger partial charge in [-0.05, 0) is 35.9 Å². The second kappa shape index (κ2) is 6.83. The molecule has 3 aromatic heterocycles. The third kappa shape index (κ3) is 3.59. The Kier molecular flexibility index (Phi) is 4.21. The molecule has 134 valence electrons. The van der Waals surface area contributed by atoms with Crippen molar-refractivity contribution in [3.63, 3.8) is 0 Å². The summed E-state index contributed by atoms with van der Waals surface area (Å²) in [7, 11) is 0. The highest BCUT2D eigenvalue weighted by atomic mass is 19.1. The molecule has 0 saturated heterocycles. The first-order valence-corrected chi connectivity index (χ1v) is 8.19. The van der Waals surface area contributed by atoms with E-state index in [1.807, 2.05) is 12.3 Å². The lowest BCUT2D eigenvalue weighted by atomic mass is 10.2. The van der Waals surface area contributed by atoms with E-state index >= 15 is 0 Å². The minimum atomic E-state index is -0.340. The molecule has 1 aromatic carbocycles. The van der Waals surface area contributed by atoms with Gasteiger partial charge >= 0.3 is 0 Å². The van der Waals surface area contributed by atoms with Gasteiger partial charge in [0.15, 0.2) is 0 Å². The molecule has 0 aliphatic rings. The van der Waals surface area contributed by atoms with Crippen molar-refractivity contribution in [2.45, 2.75) is 6.54 Å². The quantitative estimate of drug-likeness (QED) is 0.581. The van der Waals surface area contributed by atoms with Gasteiger partial charge in [-0.2, -0.15) is 0 Å². The van der Waals surface area contributed by atoms with Crippen molar-refractivity contribution >= 4 is 17.5 Å². The van der Waals surface area contributed by atoms with Gasteiger partial charge in [-0.15, -0.1) is 0 Å². The summed E-state index contributed by atoms with van der Waals surface area (Å²) in [5.41, 5.74) is 8.69. The Morgan fingerprint density at radius 3 is 2.85 bits per heavy atom.